The molecule has 0 unspecified atom stereocenters. The third-order valence-electron chi connectivity index (χ3n) is 1.87. The summed E-state index contributed by atoms with van der Waals surface area (Å²) in [6.07, 6.45) is 0.848. The fourth-order valence-corrected chi connectivity index (χ4v) is 1.97. The van der Waals surface area contributed by atoms with Gasteiger partial charge in [0, 0.05) is 3.57 Å². The van der Waals surface area contributed by atoms with Crippen molar-refractivity contribution in [1.29, 1.82) is 0 Å². The molecule has 1 aromatic carbocycles. The Morgan fingerprint density at radius 1 is 1.54 bits per heavy atom. The monoisotopic (exact) mass is 290 g/mol. The lowest BCUT2D eigenvalue weighted by Crippen LogP contribution is -2.07. The molecule has 0 aliphatic rings. The Labute approximate surface area is 91.4 Å². The van der Waals surface area contributed by atoms with Gasteiger partial charge in [0.25, 0.3) is 0 Å². The highest BCUT2D eigenvalue weighted by Crippen LogP contribution is 2.18. The Hall–Kier alpha value is -0.580. The van der Waals surface area contributed by atoms with Crippen molar-refractivity contribution in [3.63, 3.8) is 0 Å². The summed E-state index contributed by atoms with van der Waals surface area (Å²) >= 11 is 2.15. The average molecular weight is 290 g/mol. The van der Waals surface area contributed by atoms with Gasteiger partial charge < -0.3 is 4.74 Å². The Balaban J connectivity index is 3.22. The maximum atomic E-state index is 11.4. The van der Waals surface area contributed by atoms with E-state index < -0.39 is 0 Å². The summed E-state index contributed by atoms with van der Waals surface area (Å²) in [4.78, 5) is 11.4. The van der Waals surface area contributed by atoms with E-state index in [0.29, 0.717) is 5.56 Å². The van der Waals surface area contributed by atoms with Crippen LogP contribution in [0.2, 0.25) is 0 Å². The molecule has 0 atom stereocenters. The van der Waals surface area contributed by atoms with E-state index in [4.69, 9.17) is 4.74 Å². The molecule has 3 heteroatoms. The minimum absolute atomic E-state index is 0.248. The van der Waals surface area contributed by atoms with E-state index in [2.05, 4.69) is 22.6 Å². The van der Waals surface area contributed by atoms with Crippen LogP contribution >= 0.6 is 22.6 Å². The standard InChI is InChI=1S/C10H11IO2/c1-3-7-5-4-6-8(11)9(7)10(12)13-2/h4-6H,3H2,1-2H3. The lowest BCUT2D eigenvalue weighted by molar-refractivity contribution is 0.0598. The highest BCUT2D eigenvalue weighted by Gasteiger charge is 2.13. The molecule has 0 aromatic heterocycles. The van der Waals surface area contributed by atoms with Crippen LogP contribution in [-0.2, 0) is 11.2 Å². The molecule has 13 heavy (non-hydrogen) atoms. The normalized spacial score (nSPS) is 9.77. The van der Waals surface area contributed by atoms with E-state index >= 15 is 0 Å². The van der Waals surface area contributed by atoms with Crippen LogP contribution in [0.4, 0.5) is 0 Å². The maximum Gasteiger partial charge on any atom is 0.339 e. The summed E-state index contributed by atoms with van der Waals surface area (Å²) in [6.45, 7) is 2.03. The van der Waals surface area contributed by atoms with Crippen LogP contribution in [0.5, 0.6) is 0 Å². The minimum atomic E-state index is -0.248. The second-order valence-electron chi connectivity index (χ2n) is 2.62. The fourth-order valence-electron chi connectivity index (χ4n) is 1.19. The van der Waals surface area contributed by atoms with E-state index in [-0.39, 0.29) is 5.97 Å². The highest BCUT2D eigenvalue weighted by atomic mass is 127. The van der Waals surface area contributed by atoms with Crippen molar-refractivity contribution in [1.82, 2.24) is 0 Å². The summed E-state index contributed by atoms with van der Waals surface area (Å²) < 4.78 is 5.66. The number of rotatable bonds is 2. The minimum Gasteiger partial charge on any atom is -0.465 e. The van der Waals surface area contributed by atoms with Crippen LogP contribution in [0.1, 0.15) is 22.8 Å². The zero-order chi connectivity index (χ0) is 9.84. The largest absolute Gasteiger partial charge is 0.465 e. The Bertz CT molecular complexity index is 321. The molecule has 70 valence electrons. The molecular weight excluding hydrogens is 279 g/mol. The van der Waals surface area contributed by atoms with Crippen LogP contribution < -0.4 is 0 Å². The predicted octanol–water partition coefficient (Wildman–Crippen LogP) is 2.64. The van der Waals surface area contributed by atoms with Crippen molar-refractivity contribution in [3.05, 3.63) is 32.9 Å². The van der Waals surface area contributed by atoms with E-state index in [1.54, 1.807) is 0 Å². The number of esters is 1. The summed E-state index contributed by atoms with van der Waals surface area (Å²) in [5.41, 5.74) is 1.74. The zero-order valence-corrected chi connectivity index (χ0v) is 9.79. The lowest BCUT2D eigenvalue weighted by atomic mass is 10.1. The van der Waals surface area contributed by atoms with Gasteiger partial charge >= 0.3 is 5.97 Å². The van der Waals surface area contributed by atoms with Crippen molar-refractivity contribution in [3.8, 4) is 0 Å². The molecule has 1 rings (SSSR count). The summed E-state index contributed by atoms with van der Waals surface area (Å²) in [6, 6.07) is 5.81. The first kappa shape index (κ1) is 10.5. The van der Waals surface area contributed by atoms with Crippen molar-refractivity contribution < 1.29 is 9.53 Å². The smallest absolute Gasteiger partial charge is 0.339 e. The van der Waals surface area contributed by atoms with Gasteiger partial charge in [0.2, 0.25) is 0 Å². The molecule has 0 fully saturated rings. The number of hydrogen-bond donors (Lipinski definition) is 0. The Kier molecular flexibility index (Phi) is 3.71. The maximum absolute atomic E-state index is 11.4. The number of methoxy groups -OCH3 is 1. The van der Waals surface area contributed by atoms with Crippen LogP contribution in [0, 0.1) is 3.57 Å². The number of ether oxygens (including phenoxy) is 1. The molecule has 0 saturated heterocycles. The molecule has 0 bridgehead atoms. The number of benzene rings is 1. The quantitative estimate of drug-likeness (QED) is 0.618. The second kappa shape index (κ2) is 4.60. The third-order valence-corrected chi connectivity index (χ3v) is 2.77. The number of carbonyl (C=O) groups excluding carboxylic acids is 1. The number of halogens is 1. The summed E-state index contributed by atoms with van der Waals surface area (Å²) in [5, 5.41) is 0. The molecule has 0 spiro atoms. The molecule has 0 aliphatic heterocycles. The summed E-state index contributed by atoms with van der Waals surface area (Å²) in [7, 11) is 1.41. The third kappa shape index (κ3) is 2.21. The zero-order valence-electron chi connectivity index (χ0n) is 7.63. The van der Waals surface area contributed by atoms with Gasteiger partial charge in [-0.1, -0.05) is 19.1 Å². The van der Waals surface area contributed by atoms with Crippen molar-refractivity contribution in [2.75, 3.05) is 7.11 Å². The fraction of sp³-hybridized carbons (Fsp3) is 0.300. The van der Waals surface area contributed by atoms with Gasteiger partial charge in [-0.2, -0.15) is 0 Å². The number of carbonyl (C=O) groups is 1. The van der Waals surface area contributed by atoms with Crippen molar-refractivity contribution in [2.24, 2.45) is 0 Å². The van der Waals surface area contributed by atoms with E-state index in [9.17, 15) is 4.79 Å². The highest BCUT2D eigenvalue weighted by molar-refractivity contribution is 14.1. The van der Waals surface area contributed by atoms with E-state index in [1.807, 2.05) is 25.1 Å². The average Bonchev–Trinajstić information content (AvgIpc) is 2.16. The van der Waals surface area contributed by atoms with Crippen LogP contribution in [0.3, 0.4) is 0 Å². The van der Waals surface area contributed by atoms with Gasteiger partial charge in [0.1, 0.15) is 0 Å². The first-order chi connectivity index (χ1) is 6.20. The molecule has 0 heterocycles. The summed E-state index contributed by atoms with van der Waals surface area (Å²) in [5.74, 6) is -0.248. The predicted molar refractivity (Wildman–Crippen MR) is 59.9 cm³/mol. The van der Waals surface area contributed by atoms with Gasteiger partial charge in [-0.05, 0) is 40.6 Å². The van der Waals surface area contributed by atoms with Crippen molar-refractivity contribution in [2.45, 2.75) is 13.3 Å². The first-order valence-electron chi connectivity index (χ1n) is 4.06. The first-order valence-corrected chi connectivity index (χ1v) is 5.14. The molecule has 0 aliphatic carbocycles. The molecule has 2 nitrogen and oxygen atoms in total. The lowest BCUT2D eigenvalue weighted by Gasteiger charge is -2.07. The van der Waals surface area contributed by atoms with Gasteiger partial charge in [-0.3, -0.25) is 0 Å². The van der Waals surface area contributed by atoms with E-state index in [1.165, 1.54) is 7.11 Å². The van der Waals surface area contributed by atoms with E-state index in [0.717, 1.165) is 15.6 Å². The van der Waals surface area contributed by atoms with Gasteiger partial charge in [0.15, 0.2) is 0 Å². The van der Waals surface area contributed by atoms with Crippen LogP contribution in [0.15, 0.2) is 18.2 Å². The topological polar surface area (TPSA) is 26.3 Å². The molecule has 0 saturated carbocycles. The molecular formula is C10H11IO2. The Morgan fingerprint density at radius 3 is 2.77 bits per heavy atom. The Morgan fingerprint density at radius 2 is 2.23 bits per heavy atom. The van der Waals surface area contributed by atoms with Crippen LogP contribution in [-0.4, -0.2) is 13.1 Å². The van der Waals surface area contributed by atoms with Crippen LogP contribution in [0.25, 0.3) is 0 Å². The number of hydrogen-bond acceptors (Lipinski definition) is 2. The molecule has 0 amide bonds. The van der Waals surface area contributed by atoms with Gasteiger partial charge in [0.05, 0.1) is 12.7 Å². The molecule has 1 aromatic rings. The van der Waals surface area contributed by atoms with Crippen molar-refractivity contribution >= 4 is 28.6 Å². The van der Waals surface area contributed by atoms with Gasteiger partial charge in [-0.15, -0.1) is 0 Å². The number of aryl methyl sites for hydroxylation is 1. The SMILES string of the molecule is CCc1cccc(I)c1C(=O)OC. The molecule has 0 N–H and O–H groups in total. The molecule has 0 radical (unpaired) electrons. The second-order valence-corrected chi connectivity index (χ2v) is 3.78. The van der Waals surface area contributed by atoms with Gasteiger partial charge in [-0.25, -0.2) is 4.79 Å².